The summed E-state index contributed by atoms with van der Waals surface area (Å²) in [7, 11) is 0. The molecule has 0 aliphatic rings. The average molecular weight is 215 g/mol. The number of nitrogens with one attached hydrogen (secondary N) is 2. The van der Waals surface area contributed by atoms with E-state index in [9.17, 15) is 4.79 Å². The lowest BCUT2D eigenvalue weighted by atomic mass is 10.2. The van der Waals surface area contributed by atoms with Gasteiger partial charge in [-0.05, 0) is 31.5 Å². The van der Waals surface area contributed by atoms with Crippen molar-refractivity contribution in [3.63, 3.8) is 0 Å². The molecule has 0 unspecified atom stereocenters. The highest BCUT2D eigenvalue weighted by Gasteiger charge is 2.11. The van der Waals surface area contributed by atoms with Gasteiger partial charge in [0.1, 0.15) is 5.69 Å². The Labute approximate surface area is 93.7 Å². The molecule has 1 aromatic heterocycles. The number of hydrogen-bond acceptors (Lipinski definition) is 2. The van der Waals surface area contributed by atoms with Gasteiger partial charge in [-0.15, -0.1) is 0 Å². The monoisotopic (exact) mass is 215 g/mol. The van der Waals surface area contributed by atoms with Crippen LogP contribution in [0.2, 0.25) is 0 Å². The Balaban J connectivity index is 2.17. The van der Waals surface area contributed by atoms with Gasteiger partial charge < -0.3 is 10.3 Å². The first kappa shape index (κ1) is 10.4. The summed E-state index contributed by atoms with van der Waals surface area (Å²) < 4.78 is 0. The van der Waals surface area contributed by atoms with Crippen LogP contribution in [0.3, 0.4) is 0 Å². The number of rotatable bonds is 2. The predicted molar refractivity (Wildman–Crippen MR) is 62.5 cm³/mol. The zero-order valence-corrected chi connectivity index (χ0v) is 9.24. The lowest BCUT2D eigenvalue weighted by Crippen LogP contribution is -2.13. The number of amides is 1. The van der Waals surface area contributed by atoms with Gasteiger partial charge in [-0.2, -0.15) is 0 Å². The van der Waals surface area contributed by atoms with Crippen LogP contribution in [-0.2, 0) is 0 Å². The normalized spacial score (nSPS) is 10.1. The molecule has 2 N–H and O–H groups in total. The van der Waals surface area contributed by atoms with E-state index in [0.29, 0.717) is 5.69 Å². The highest BCUT2D eigenvalue weighted by atomic mass is 16.1. The van der Waals surface area contributed by atoms with Gasteiger partial charge in [0.2, 0.25) is 0 Å². The summed E-state index contributed by atoms with van der Waals surface area (Å²) >= 11 is 0. The van der Waals surface area contributed by atoms with Crippen LogP contribution in [0, 0.1) is 13.8 Å². The molecule has 1 amide bonds. The van der Waals surface area contributed by atoms with Crippen LogP contribution >= 0.6 is 0 Å². The van der Waals surface area contributed by atoms with Crippen LogP contribution in [0.25, 0.3) is 0 Å². The van der Waals surface area contributed by atoms with Crippen molar-refractivity contribution in [2.75, 3.05) is 5.32 Å². The van der Waals surface area contributed by atoms with Crippen molar-refractivity contribution in [1.29, 1.82) is 0 Å². The topological polar surface area (TPSA) is 57.8 Å². The molecule has 4 heteroatoms. The fraction of sp³-hybridized carbons (Fsp3) is 0.167. The van der Waals surface area contributed by atoms with Crippen molar-refractivity contribution in [3.8, 4) is 0 Å². The van der Waals surface area contributed by atoms with E-state index >= 15 is 0 Å². The summed E-state index contributed by atoms with van der Waals surface area (Å²) in [6.07, 6.45) is 1.51. The SMILES string of the molecule is Cc1cccc(NC(=O)c2nc[nH]c2C)c1. The summed E-state index contributed by atoms with van der Waals surface area (Å²) in [6.45, 7) is 3.80. The molecule has 2 aromatic rings. The number of carbonyl (C=O) groups excluding carboxylic acids is 1. The van der Waals surface area contributed by atoms with Crippen LogP contribution in [0.5, 0.6) is 0 Å². The Kier molecular flexibility index (Phi) is 2.72. The molecule has 0 aliphatic heterocycles. The van der Waals surface area contributed by atoms with E-state index in [2.05, 4.69) is 15.3 Å². The Bertz CT molecular complexity index is 516. The molecule has 0 aliphatic carbocycles. The van der Waals surface area contributed by atoms with E-state index in [1.54, 1.807) is 0 Å². The Morgan fingerprint density at radius 3 is 2.81 bits per heavy atom. The number of anilines is 1. The Hall–Kier alpha value is -2.10. The molecule has 0 fully saturated rings. The second kappa shape index (κ2) is 4.18. The van der Waals surface area contributed by atoms with E-state index in [1.807, 2.05) is 38.1 Å². The zero-order chi connectivity index (χ0) is 11.5. The van der Waals surface area contributed by atoms with Crippen molar-refractivity contribution in [1.82, 2.24) is 9.97 Å². The van der Waals surface area contributed by atoms with Crippen molar-refractivity contribution in [2.24, 2.45) is 0 Å². The van der Waals surface area contributed by atoms with Crippen molar-refractivity contribution < 1.29 is 4.79 Å². The third-order valence-electron chi connectivity index (χ3n) is 2.32. The van der Waals surface area contributed by atoms with Crippen LogP contribution in [0.4, 0.5) is 5.69 Å². The Morgan fingerprint density at radius 2 is 2.19 bits per heavy atom. The van der Waals surface area contributed by atoms with Crippen LogP contribution in [-0.4, -0.2) is 15.9 Å². The third kappa shape index (κ3) is 2.11. The summed E-state index contributed by atoms with van der Waals surface area (Å²) in [6, 6.07) is 7.66. The maximum atomic E-state index is 11.8. The molecule has 16 heavy (non-hydrogen) atoms. The average Bonchev–Trinajstić information content (AvgIpc) is 2.64. The fourth-order valence-electron chi connectivity index (χ4n) is 1.50. The second-order valence-corrected chi connectivity index (χ2v) is 3.70. The molecule has 2 rings (SSSR count). The van der Waals surface area contributed by atoms with Gasteiger partial charge in [-0.1, -0.05) is 12.1 Å². The molecule has 0 spiro atoms. The lowest BCUT2D eigenvalue weighted by Gasteiger charge is -2.04. The number of nitrogens with zero attached hydrogens (tertiary/aromatic N) is 1. The van der Waals surface area contributed by atoms with Crippen LogP contribution < -0.4 is 5.32 Å². The number of aryl methyl sites for hydroxylation is 2. The molecule has 82 valence electrons. The number of carbonyl (C=O) groups is 1. The van der Waals surface area contributed by atoms with Gasteiger partial charge in [0.25, 0.3) is 5.91 Å². The zero-order valence-electron chi connectivity index (χ0n) is 9.24. The molecule has 0 atom stereocenters. The summed E-state index contributed by atoms with van der Waals surface area (Å²) in [4.78, 5) is 18.7. The minimum absolute atomic E-state index is 0.190. The van der Waals surface area contributed by atoms with Gasteiger partial charge in [0, 0.05) is 11.4 Å². The number of imidazole rings is 1. The molecule has 0 bridgehead atoms. The quantitative estimate of drug-likeness (QED) is 0.807. The van der Waals surface area contributed by atoms with Crippen LogP contribution in [0.15, 0.2) is 30.6 Å². The van der Waals surface area contributed by atoms with Gasteiger partial charge in [-0.25, -0.2) is 4.98 Å². The molecule has 1 heterocycles. The minimum Gasteiger partial charge on any atom is -0.348 e. The first-order chi connectivity index (χ1) is 7.66. The minimum atomic E-state index is -0.190. The number of aromatic nitrogens is 2. The van der Waals surface area contributed by atoms with E-state index in [0.717, 1.165) is 16.9 Å². The molecule has 0 radical (unpaired) electrons. The molecular weight excluding hydrogens is 202 g/mol. The standard InChI is InChI=1S/C12H13N3O/c1-8-4-3-5-10(6-8)15-12(16)11-9(2)13-7-14-11/h3-7H,1-2H3,(H,13,14)(H,15,16). The van der Waals surface area contributed by atoms with Gasteiger partial charge in [0.15, 0.2) is 0 Å². The molecule has 1 aromatic carbocycles. The van der Waals surface area contributed by atoms with Gasteiger partial charge >= 0.3 is 0 Å². The number of benzene rings is 1. The third-order valence-corrected chi connectivity index (χ3v) is 2.32. The highest BCUT2D eigenvalue weighted by Crippen LogP contribution is 2.11. The molecule has 4 nitrogen and oxygen atoms in total. The number of H-pyrrole nitrogens is 1. The largest absolute Gasteiger partial charge is 0.348 e. The van der Waals surface area contributed by atoms with Gasteiger partial charge in [-0.3, -0.25) is 4.79 Å². The molecule has 0 saturated carbocycles. The second-order valence-electron chi connectivity index (χ2n) is 3.70. The number of aromatic amines is 1. The predicted octanol–water partition coefficient (Wildman–Crippen LogP) is 2.28. The Morgan fingerprint density at radius 1 is 1.38 bits per heavy atom. The number of hydrogen-bond donors (Lipinski definition) is 2. The van der Waals surface area contributed by atoms with E-state index < -0.39 is 0 Å². The van der Waals surface area contributed by atoms with Crippen LogP contribution in [0.1, 0.15) is 21.7 Å². The molecular formula is C12H13N3O. The maximum absolute atomic E-state index is 11.8. The first-order valence-corrected chi connectivity index (χ1v) is 5.05. The summed E-state index contributed by atoms with van der Waals surface area (Å²) in [5.41, 5.74) is 3.09. The van der Waals surface area contributed by atoms with Crippen molar-refractivity contribution >= 4 is 11.6 Å². The highest BCUT2D eigenvalue weighted by molar-refractivity contribution is 6.03. The van der Waals surface area contributed by atoms with E-state index in [4.69, 9.17) is 0 Å². The summed E-state index contributed by atoms with van der Waals surface area (Å²) in [5, 5.41) is 2.80. The van der Waals surface area contributed by atoms with Crippen molar-refractivity contribution in [3.05, 3.63) is 47.5 Å². The smallest absolute Gasteiger partial charge is 0.276 e. The van der Waals surface area contributed by atoms with E-state index in [-0.39, 0.29) is 5.91 Å². The first-order valence-electron chi connectivity index (χ1n) is 5.05. The maximum Gasteiger partial charge on any atom is 0.276 e. The molecule has 0 saturated heterocycles. The van der Waals surface area contributed by atoms with E-state index in [1.165, 1.54) is 6.33 Å². The fourth-order valence-corrected chi connectivity index (χ4v) is 1.50. The summed E-state index contributed by atoms with van der Waals surface area (Å²) in [5.74, 6) is -0.190. The van der Waals surface area contributed by atoms with Gasteiger partial charge in [0.05, 0.1) is 6.33 Å². The van der Waals surface area contributed by atoms with Crippen molar-refractivity contribution in [2.45, 2.75) is 13.8 Å². The lowest BCUT2D eigenvalue weighted by molar-refractivity contribution is 0.102.